The van der Waals surface area contributed by atoms with Gasteiger partial charge in [0.2, 0.25) is 0 Å². The Bertz CT molecular complexity index is 373. The summed E-state index contributed by atoms with van der Waals surface area (Å²) in [6, 6.07) is 7.97. The number of ether oxygens (including phenoxy) is 1. The first-order valence-electron chi connectivity index (χ1n) is 7.21. The molecule has 1 atom stereocenters. The number of anilines is 1. The highest BCUT2D eigenvalue weighted by Crippen LogP contribution is 2.22. The van der Waals surface area contributed by atoms with Crippen LogP contribution >= 0.6 is 0 Å². The zero-order chi connectivity index (χ0) is 15.0. The van der Waals surface area contributed by atoms with E-state index in [9.17, 15) is 5.11 Å². The van der Waals surface area contributed by atoms with Crippen molar-refractivity contribution >= 4 is 5.69 Å². The molecule has 2 N–H and O–H groups in total. The number of aliphatic hydroxyl groups excluding tert-OH is 1. The van der Waals surface area contributed by atoms with E-state index in [4.69, 9.17) is 4.74 Å². The normalized spacial score (nSPS) is 14.1. The lowest BCUT2D eigenvalue weighted by molar-refractivity contribution is 0.149. The van der Waals surface area contributed by atoms with Crippen LogP contribution in [0.25, 0.3) is 0 Å². The van der Waals surface area contributed by atoms with Gasteiger partial charge in [-0.15, -0.1) is 0 Å². The molecule has 0 aromatic heterocycles. The van der Waals surface area contributed by atoms with Crippen LogP contribution in [-0.4, -0.2) is 50.4 Å². The van der Waals surface area contributed by atoms with Gasteiger partial charge < -0.3 is 20.1 Å². The van der Waals surface area contributed by atoms with E-state index in [1.54, 1.807) is 0 Å². The van der Waals surface area contributed by atoms with Crippen molar-refractivity contribution in [1.82, 2.24) is 4.90 Å². The predicted molar refractivity (Wildman–Crippen MR) is 84.5 cm³/mol. The maximum atomic E-state index is 9.39. The van der Waals surface area contributed by atoms with E-state index >= 15 is 0 Å². The highest BCUT2D eigenvalue weighted by atomic mass is 16.5. The first kappa shape index (κ1) is 16.8. The van der Waals surface area contributed by atoms with Gasteiger partial charge >= 0.3 is 0 Å². The van der Waals surface area contributed by atoms with Crippen LogP contribution in [0.1, 0.15) is 20.3 Å². The van der Waals surface area contributed by atoms with Gasteiger partial charge in [-0.05, 0) is 44.8 Å². The molecule has 0 amide bonds. The van der Waals surface area contributed by atoms with Crippen LogP contribution in [0.3, 0.4) is 0 Å². The first-order chi connectivity index (χ1) is 9.49. The van der Waals surface area contributed by atoms with E-state index in [0.717, 1.165) is 30.9 Å². The smallest absolute Gasteiger partial charge is 0.119 e. The minimum Gasteiger partial charge on any atom is -0.492 e. The molecule has 20 heavy (non-hydrogen) atoms. The number of hydrogen-bond donors (Lipinski definition) is 2. The molecule has 0 aliphatic heterocycles. The molecule has 0 saturated carbocycles. The molecule has 0 heterocycles. The SMILES string of the molecule is CCC(C)(CO)CNc1ccc(OCCN(C)C)cc1. The van der Waals surface area contributed by atoms with Crippen molar-refractivity contribution in [2.24, 2.45) is 5.41 Å². The predicted octanol–water partition coefficient (Wildman–Crippen LogP) is 2.45. The van der Waals surface area contributed by atoms with Crippen LogP contribution in [0, 0.1) is 5.41 Å². The summed E-state index contributed by atoms with van der Waals surface area (Å²) in [5.74, 6) is 0.887. The number of nitrogens with one attached hydrogen (secondary N) is 1. The number of hydrogen-bond acceptors (Lipinski definition) is 4. The lowest BCUT2D eigenvalue weighted by atomic mass is 9.88. The number of likely N-dealkylation sites (N-methyl/N-ethyl adjacent to an activating group) is 1. The Kier molecular flexibility index (Phi) is 6.82. The molecular formula is C16H28N2O2. The van der Waals surface area contributed by atoms with Crippen LogP contribution in [0.15, 0.2) is 24.3 Å². The fraction of sp³-hybridized carbons (Fsp3) is 0.625. The summed E-state index contributed by atoms with van der Waals surface area (Å²) in [6.07, 6.45) is 0.947. The van der Waals surface area contributed by atoms with E-state index in [1.807, 2.05) is 38.4 Å². The molecule has 4 nitrogen and oxygen atoms in total. The maximum Gasteiger partial charge on any atom is 0.119 e. The van der Waals surface area contributed by atoms with Gasteiger partial charge in [0.25, 0.3) is 0 Å². The molecule has 0 fully saturated rings. The summed E-state index contributed by atoms with van der Waals surface area (Å²) in [7, 11) is 4.06. The Labute approximate surface area is 122 Å². The molecule has 1 aromatic rings. The van der Waals surface area contributed by atoms with Crippen molar-refractivity contribution in [3.05, 3.63) is 24.3 Å². The van der Waals surface area contributed by atoms with Crippen molar-refractivity contribution < 1.29 is 9.84 Å². The molecule has 0 aliphatic rings. The quantitative estimate of drug-likeness (QED) is 0.729. The van der Waals surface area contributed by atoms with Crippen LogP contribution in [0.2, 0.25) is 0 Å². The summed E-state index contributed by atoms with van der Waals surface area (Å²) in [5, 5.41) is 12.8. The molecule has 114 valence electrons. The number of aliphatic hydroxyl groups is 1. The Morgan fingerprint density at radius 1 is 1.25 bits per heavy atom. The van der Waals surface area contributed by atoms with E-state index in [0.29, 0.717) is 6.61 Å². The van der Waals surface area contributed by atoms with Crippen molar-refractivity contribution in [2.45, 2.75) is 20.3 Å². The molecule has 0 saturated heterocycles. The highest BCUT2D eigenvalue weighted by Gasteiger charge is 2.20. The Morgan fingerprint density at radius 2 is 1.90 bits per heavy atom. The standard InChI is InChI=1S/C16H28N2O2/c1-5-16(2,13-19)12-17-14-6-8-15(9-7-14)20-11-10-18(3)4/h6-9,17,19H,5,10-13H2,1-4H3. The van der Waals surface area contributed by atoms with Gasteiger partial charge in [-0.25, -0.2) is 0 Å². The molecule has 1 aromatic carbocycles. The van der Waals surface area contributed by atoms with Gasteiger partial charge in [0.1, 0.15) is 12.4 Å². The lowest BCUT2D eigenvalue weighted by Crippen LogP contribution is -2.29. The van der Waals surface area contributed by atoms with Gasteiger partial charge in [-0.1, -0.05) is 13.8 Å². The second-order valence-electron chi connectivity index (χ2n) is 5.85. The molecular weight excluding hydrogens is 252 g/mol. The number of rotatable bonds is 9. The molecule has 1 rings (SSSR count). The Hall–Kier alpha value is -1.26. The molecule has 0 bridgehead atoms. The average Bonchev–Trinajstić information content (AvgIpc) is 2.46. The summed E-state index contributed by atoms with van der Waals surface area (Å²) in [4.78, 5) is 2.09. The Morgan fingerprint density at radius 3 is 2.40 bits per heavy atom. The van der Waals surface area contributed by atoms with Crippen molar-refractivity contribution in [3.8, 4) is 5.75 Å². The van der Waals surface area contributed by atoms with Crippen molar-refractivity contribution in [2.75, 3.05) is 45.7 Å². The summed E-state index contributed by atoms with van der Waals surface area (Å²) in [5.41, 5.74) is 0.985. The van der Waals surface area contributed by atoms with Gasteiger partial charge in [-0.3, -0.25) is 0 Å². The van der Waals surface area contributed by atoms with Crippen LogP contribution in [-0.2, 0) is 0 Å². The summed E-state index contributed by atoms with van der Waals surface area (Å²) in [6.45, 7) is 6.74. The fourth-order valence-electron chi connectivity index (χ4n) is 1.62. The van der Waals surface area contributed by atoms with Crippen molar-refractivity contribution in [3.63, 3.8) is 0 Å². The molecule has 4 heteroatoms. The van der Waals surface area contributed by atoms with E-state index in [-0.39, 0.29) is 12.0 Å². The van der Waals surface area contributed by atoms with Crippen molar-refractivity contribution in [1.29, 1.82) is 0 Å². The van der Waals surface area contributed by atoms with Crippen LogP contribution in [0.5, 0.6) is 5.75 Å². The van der Waals surface area contributed by atoms with Crippen LogP contribution < -0.4 is 10.1 Å². The van der Waals surface area contributed by atoms with Gasteiger partial charge in [0.05, 0.1) is 6.61 Å². The van der Waals surface area contributed by atoms with E-state index < -0.39 is 0 Å². The summed E-state index contributed by atoms with van der Waals surface area (Å²) < 4.78 is 5.65. The zero-order valence-electron chi connectivity index (χ0n) is 13.1. The highest BCUT2D eigenvalue weighted by molar-refractivity contribution is 5.46. The second-order valence-corrected chi connectivity index (χ2v) is 5.85. The zero-order valence-corrected chi connectivity index (χ0v) is 13.1. The third kappa shape index (κ3) is 5.80. The van der Waals surface area contributed by atoms with Crippen LogP contribution in [0.4, 0.5) is 5.69 Å². The Balaban J connectivity index is 2.42. The average molecular weight is 280 g/mol. The minimum absolute atomic E-state index is 0.0686. The molecule has 0 aliphatic carbocycles. The van der Waals surface area contributed by atoms with E-state index in [2.05, 4.69) is 24.1 Å². The molecule has 0 spiro atoms. The third-order valence-electron chi connectivity index (χ3n) is 3.62. The first-order valence-corrected chi connectivity index (χ1v) is 7.21. The topological polar surface area (TPSA) is 44.7 Å². The van der Waals surface area contributed by atoms with E-state index in [1.165, 1.54) is 0 Å². The fourth-order valence-corrected chi connectivity index (χ4v) is 1.62. The van der Waals surface area contributed by atoms with Gasteiger partial charge in [0.15, 0.2) is 0 Å². The van der Waals surface area contributed by atoms with Gasteiger partial charge in [0, 0.05) is 24.2 Å². The third-order valence-corrected chi connectivity index (χ3v) is 3.62. The number of nitrogens with zero attached hydrogens (tertiary/aromatic N) is 1. The van der Waals surface area contributed by atoms with Gasteiger partial charge in [-0.2, -0.15) is 0 Å². The molecule has 0 radical (unpaired) electrons. The number of benzene rings is 1. The summed E-state index contributed by atoms with van der Waals surface area (Å²) >= 11 is 0. The lowest BCUT2D eigenvalue weighted by Gasteiger charge is -2.26. The molecule has 1 unspecified atom stereocenters. The largest absolute Gasteiger partial charge is 0.492 e. The second kappa shape index (κ2) is 8.12. The monoisotopic (exact) mass is 280 g/mol. The minimum atomic E-state index is -0.0686. The maximum absolute atomic E-state index is 9.39.